The molecule has 0 spiro atoms. The molecule has 1 fully saturated rings. The van der Waals surface area contributed by atoms with Crippen LogP contribution < -0.4 is 5.73 Å². The molecule has 5 nitrogen and oxygen atoms in total. The summed E-state index contributed by atoms with van der Waals surface area (Å²) < 4.78 is 28.8. The minimum absolute atomic E-state index is 0.117. The van der Waals surface area contributed by atoms with Crippen LogP contribution in [0.2, 0.25) is 0 Å². The average molecular weight is 291 g/mol. The summed E-state index contributed by atoms with van der Waals surface area (Å²) in [7, 11) is -3.33. The molecule has 0 aromatic heterocycles. The Morgan fingerprint density at radius 1 is 1.37 bits per heavy atom. The largest absolute Gasteiger partial charge is 0.330 e. The fourth-order valence-electron chi connectivity index (χ4n) is 2.54. The van der Waals surface area contributed by atoms with Crippen LogP contribution >= 0.6 is 0 Å². The Morgan fingerprint density at radius 3 is 2.58 bits per heavy atom. The van der Waals surface area contributed by atoms with Crippen molar-refractivity contribution in [1.29, 1.82) is 0 Å². The second-order valence-electron chi connectivity index (χ2n) is 5.86. The number of nitrogens with two attached hydrogens (primary N) is 1. The van der Waals surface area contributed by atoms with E-state index >= 15 is 0 Å². The summed E-state index contributed by atoms with van der Waals surface area (Å²) in [6.45, 7) is 8.38. The minimum Gasteiger partial charge on any atom is -0.330 e. The highest BCUT2D eigenvalue weighted by Crippen LogP contribution is 2.23. The maximum absolute atomic E-state index is 12.7. The van der Waals surface area contributed by atoms with Gasteiger partial charge in [0.1, 0.15) is 0 Å². The van der Waals surface area contributed by atoms with Gasteiger partial charge in [-0.1, -0.05) is 20.3 Å². The molecule has 6 heteroatoms. The maximum atomic E-state index is 12.7. The second-order valence-corrected chi connectivity index (χ2v) is 7.74. The zero-order valence-corrected chi connectivity index (χ0v) is 13.3. The van der Waals surface area contributed by atoms with E-state index in [0.29, 0.717) is 38.5 Å². The Labute approximate surface area is 118 Å². The number of rotatable bonds is 7. The van der Waals surface area contributed by atoms with Crippen LogP contribution in [0.1, 0.15) is 46.5 Å². The van der Waals surface area contributed by atoms with E-state index in [4.69, 9.17) is 5.73 Å². The van der Waals surface area contributed by atoms with Crippen LogP contribution in [0.15, 0.2) is 0 Å². The normalized spacial score (nSPS) is 22.3. The van der Waals surface area contributed by atoms with E-state index in [0.717, 1.165) is 19.3 Å². The lowest BCUT2D eigenvalue weighted by Crippen LogP contribution is -2.50. The lowest BCUT2D eigenvalue weighted by molar-refractivity contribution is 0.238. The zero-order valence-electron chi connectivity index (χ0n) is 12.5. The number of hydrogen-bond donors (Lipinski definition) is 1. The summed E-state index contributed by atoms with van der Waals surface area (Å²) in [6, 6.07) is 0.117. The van der Waals surface area contributed by atoms with E-state index < -0.39 is 10.2 Å². The van der Waals surface area contributed by atoms with Gasteiger partial charge in [-0.3, -0.25) is 0 Å². The highest BCUT2D eigenvalue weighted by molar-refractivity contribution is 7.86. The molecule has 2 N–H and O–H groups in total. The monoisotopic (exact) mass is 291 g/mol. The fraction of sp³-hybridized carbons (Fsp3) is 1.00. The summed E-state index contributed by atoms with van der Waals surface area (Å²) in [5.41, 5.74) is 5.52. The fourth-order valence-corrected chi connectivity index (χ4v) is 4.60. The zero-order chi connectivity index (χ0) is 14.5. The Morgan fingerprint density at radius 2 is 2.05 bits per heavy atom. The molecule has 0 radical (unpaired) electrons. The molecule has 0 aliphatic carbocycles. The van der Waals surface area contributed by atoms with Crippen LogP contribution in [0.3, 0.4) is 0 Å². The molecule has 1 heterocycles. The predicted molar refractivity (Wildman–Crippen MR) is 79.0 cm³/mol. The molecule has 1 aliphatic rings. The van der Waals surface area contributed by atoms with Gasteiger partial charge in [-0.05, 0) is 38.6 Å². The van der Waals surface area contributed by atoms with Crippen molar-refractivity contribution in [1.82, 2.24) is 8.61 Å². The standard InChI is InChI=1S/C13H29N3O2S/c1-12(2)11-15(9-6-8-14)19(17,18)16-10-5-4-7-13(16)3/h12-13H,4-11,14H2,1-3H3. The third kappa shape index (κ3) is 4.70. The number of nitrogens with zero attached hydrogens (tertiary/aromatic N) is 2. The van der Waals surface area contributed by atoms with E-state index in [9.17, 15) is 8.42 Å². The summed E-state index contributed by atoms with van der Waals surface area (Å²) in [5, 5.41) is 0. The van der Waals surface area contributed by atoms with Crippen LogP contribution in [0, 0.1) is 5.92 Å². The van der Waals surface area contributed by atoms with Gasteiger partial charge in [0.25, 0.3) is 10.2 Å². The Balaban J connectivity index is 2.83. The van der Waals surface area contributed by atoms with Crippen molar-refractivity contribution in [2.24, 2.45) is 11.7 Å². The van der Waals surface area contributed by atoms with Crippen molar-refractivity contribution in [2.75, 3.05) is 26.2 Å². The van der Waals surface area contributed by atoms with Gasteiger partial charge in [-0.15, -0.1) is 0 Å². The Hall–Kier alpha value is -0.170. The van der Waals surface area contributed by atoms with Crippen LogP contribution in [0.25, 0.3) is 0 Å². The first-order valence-electron chi connectivity index (χ1n) is 7.36. The average Bonchev–Trinajstić information content (AvgIpc) is 2.34. The molecular formula is C13H29N3O2S. The molecule has 1 atom stereocenters. The second kappa shape index (κ2) is 7.57. The lowest BCUT2D eigenvalue weighted by Gasteiger charge is -2.37. The number of hydrogen-bond acceptors (Lipinski definition) is 3. The highest BCUT2D eigenvalue weighted by Gasteiger charge is 2.34. The Bertz CT molecular complexity index is 357. The van der Waals surface area contributed by atoms with Gasteiger partial charge in [-0.2, -0.15) is 17.0 Å². The van der Waals surface area contributed by atoms with E-state index in [1.165, 1.54) is 0 Å². The smallest absolute Gasteiger partial charge is 0.282 e. The van der Waals surface area contributed by atoms with E-state index in [2.05, 4.69) is 0 Å². The predicted octanol–water partition coefficient (Wildman–Crippen LogP) is 1.41. The molecule has 0 saturated carbocycles. The molecule has 0 aromatic rings. The molecule has 0 aromatic carbocycles. The van der Waals surface area contributed by atoms with Crippen LogP contribution in [-0.4, -0.2) is 49.2 Å². The molecule has 1 saturated heterocycles. The topological polar surface area (TPSA) is 66.6 Å². The molecule has 19 heavy (non-hydrogen) atoms. The first-order chi connectivity index (χ1) is 8.89. The van der Waals surface area contributed by atoms with Crippen molar-refractivity contribution in [3.8, 4) is 0 Å². The molecule has 0 amide bonds. The van der Waals surface area contributed by atoms with E-state index in [-0.39, 0.29) is 6.04 Å². The quantitative estimate of drug-likeness (QED) is 0.771. The molecule has 114 valence electrons. The van der Waals surface area contributed by atoms with Crippen LogP contribution in [0.4, 0.5) is 0 Å². The summed E-state index contributed by atoms with van der Waals surface area (Å²) in [5.74, 6) is 0.327. The van der Waals surface area contributed by atoms with Gasteiger partial charge < -0.3 is 5.73 Å². The maximum Gasteiger partial charge on any atom is 0.282 e. The first kappa shape index (κ1) is 16.9. The van der Waals surface area contributed by atoms with Gasteiger partial charge in [0.15, 0.2) is 0 Å². The van der Waals surface area contributed by atoms with Gasteiger partial charge in [0.05, 0.1) is 0 Å². The molecule has 1 rings (SSSR count). The highest BCUT2D eigenvalue weighted by atomic mass is 32.2. The first-order valence-corrected chi connectivity index (χ1v) is 8.76. The van der Waals surface area contributed by atoms with Gasteiger partial charge in [-0.25, -0.2) is 0 Å². The molecule has 1 unspecified atom stereocenters. The van der Waals surface area contributed by atoms with Crippen molar-refractivity contribution in [3.05, 3.63) is 0 Å². The summed E-state index contributed by atoms with van der Waals surface area (Å²) >= 11 is 0. The SMILES string of the molecule is CC(C)CN(CCCN)S(=O)(=O)N1CCCCC1C. The van der Waals surface area contributed by atoms with Crippen LogP contribution in [0.5, 0.6) is 0 Å². The van der Waals surface area contributed by atoms with E-state index in [1.807, 2.05) is 20.8 Å². The number of piperidine rings is 1. The van der Waals surface area contributed by atoms with Gasteiger partial charge in [0, 0.05) is 25.7 Å². The van der Waals surface area contributed by atoms with Crippen molar-refractivity contribution < 1.29 is 8.42 Å². The lowest BCUT2D eigenvalue weighted by atomic mass is 10.1. The van der Waals surface area contributed by atoms with Gasteiger partial charge in [0.2, 0.25) is 0 Å². The summed E-state index contributed by atoms with van der Waals surface area (Å²) in [6.07, 6.45) is 3.77. The minimum atomic E-state index is -3.33. The van der Waals surface area contributed by atoms with Crippen LogP contribution in [-0.2, 0) is 10.2 Å². The van der Waals surface area contributed by atoms with Gasteiger partial charge >= 0.3 is 0 Å². The van der Waals surface area contributed by atoms with E-state index in [1.54, 1.807) is 8.61 Å². The summed E-state index contributed by atoms with van der Waals surface area (Å²) in [4.78, 5) is 0. The van der Waals surface area contributed by atoms with Crippen molar-refractivity contribution >= 4 is 10.2 Å². The van der Waals surface area contributed by atoms with Crippen molar-refractivity contribution in [2.45, 2.75) is 52.5 Å². The van der Waals surface area contributed by atoms with Crippen molar-refractivity contribution in [3.63, 3.8) is 0 Å². The third-order valence-corrected chi connectivity index (χ3v) is 5.66. The Kier molecular flexibility index (Phi) is 6.73. The molecule has 0 bridgehead atoms. The molecular weight excluding hydrogens is 262 g/mol. The third-order valence-electron chi connectivity index (χ3n) is 3.55. The molecule has 1 aliphatic heterocycles.